The number of anilines is 1. The highest BCUT2D eigenvalue weighted by Gasteiger charge is 2.09. The molecule has 19 heavy (non-hydrogen) atoms. The molecule has 0 amide bonds. The SMILES string of the molecule is COc1cc(F)ccc1NC(C)c1ccc(C)cc1. The summed E-state index contributed by atoms with van der Waals surface area (Å²) in [6.45, 7) is 4.12. The van der Waals surface area contributed by atoms with Crippen LogP contribution in [0, 0.1) is 12.7 Å². The van der Waals surface area contributed by atoms with Gasteiger partial charge in [0.25, 0.3) is 0 Å². The molecule has 2 aromatic carbocycles. The lowest BCUT2D eigenvalue weighted by Gasteiger charge is -2.18. The van der Waals surface area contributed by atoms with Crippen molar-refractivity contribution in [3.05, 3.63) is 59.4 Å². The summed E-state index contributed by atoms with van der Waals surface area (Å²) in [5.74, 6) is 0.212. The Morgan fingerprint density at radius 1 is 1.11 bits per heavy atom. The third kappa shape index (κ3) is 3.25. The van der Waals surface area contributed by atoms with Crippen LogP contribution in [-0.2, 0) is 0 Å². The molecule has 0 heterocycles. The molecule has 2 aromatic rings. The molecule has 1 N–H and O–H groups in total. The molecule has 0 spiro atoms. The van der Waals surface area contributed by atoms with Gasteiger partial charge in [0.15, 0.2) is 0 Å². The zero-order valence-corrected chi connectivity index (χ0v) is 11.4. The van der Waals surface area contributed by atoms with Crippen molar-refractivity contribution in [3.8, 4) is 5.75 Å². The largest absolute Gasteiger partial charge is 0.494 e. The van der Waals surface area contributed by atoms with E-state index in [4.69, 9.17) is 4.74 Å². The quantitative estimate of drug-likeness (QED) is 0.883. The Morgan fingerprint density at radius 3 is 2.42 bits per heavy atom. The van der Waals surface area contributed by atoms with E-state index in [2.05, 4.69) is 43.4 Å². The summed E-state index contributed by atoms with van der Waals surface area (Å²) in [4.78, 5) is 0. The van der Waals surface area contributed by atoms with Crippen molar-refractivity contribution in [1.82, 2.24) is 0 Å². The van der Waals surface area contributed by atoms with Crippen LogP contribution in [0.25, 0.3) is 0 Å². The summed E-state index contributed by atoms with van der Waals surface area (Å²) in [7, 11) is 1.54. The summed E-state index contributed by atoms with van der Waals surface area (Å²) >= 11 is 0. The fourth-order valence-electron chi connectivity index (χ4n) is 1.96. The number of methoxy groups -OCH3 is 1. The first-order chi connectivity index (χ1) is 9.10. The van der Waals surface area contributed by atoms with Crippen LogP contribution in [0.5, 0.6) is 5.75 Å². The molecule has 0 saturated carbocycles. The number of benzene rings is 2. The Balaban J connectivity index is 2.18. The number of hydrogen-bond acceptors (Lipinski definition) is 2. The van der Waals surface area contributed by atoms with Crippen LogP contribution in [0.2, 0.25) is 0 Å². The molecule has 0 fully saturated rings. The van der Waals surface area contributed by atoms with Gasteiger partial charge in [0, 0.05) is 12.1 Å². The lowest BCUT2D eigenvalue weighted by molar-refractivity contribution is 0.412. The lowest BCUT2D eigenvalue weighted by Crippen LogP contribution is -2.07. The monoisotopic (exact) mass is 259 g/mol. The highest BCUT2D eigenvalue weighted by Crippen LogP contribution is 2.28. The Kier molecular flexibility index (Phi) is 4.05. The van der Waals surface area contributed by atoms with Crippen LogP contribution in [-0.4, -0.2) is 7.11 Å². The van der Waals surface area contributed by atoms with Crippen LogP contribution in [0.15, 0.2) is 42.5 Å². The molecule has 0 aliphatic rings. The van der Waals surface area contributed by atoms with Crippen LogP contribution >= 0.6 is 0 Å². The summed E-state index contributed by atoms with van der Waals surface area (Å²) in [6.07, 6.45) is 0. The van der Waals surface area contributed by atoms with Crippen molar-refractivity contribution in [2.45, 2.75) is 19.9 Å². The fourth-order valence-corrected chi connectivity index (χ4v) is 1.96. The van der Waals surface area contributed by atoms with E-state index in [9.17, 15) is 4.39 Å². The van der Waals surface area contributed by atoms with Crippen LogP contribution < -0.4 is 10.1 Å². The van der Waals surface area contributed by atoms with Crippen molar-refractivity contribution in [2.75, 3.05) is 12.4 Å². The minimum Gasteiger partial charge on any atom is -0.494 e. The third-order valence-electron chi connectivity index (χ3n) is 3.11. The zero-order valence-electron chi connectivity index (χ0n) is 11.4. The molecule has 0 bridgehead atoms. The maximum Gasteiger partial charge on any atom is 0.144 e. The predicted octanol–water partition coefficient (Wildman–Crippen LogP) is 4.32. The van der Waals surface area contributed by atoms with E-state index >= 15 is 0 Å². The highest BCUT2D eigenvalue weighted by atomic mass is 19.1. The van der Waals surface area contributed by atoms with Crippen LogP contribution in [0.3, 0.4) is 0 Å². The average Bonchev–Trinajstić information content (AvgIpc) is 2.41. The third-order valence-corrected chi connectivity index (χ3v) is 3.11. The Hall–Kier alpha value is -2.03. The first-order valence-electron chi connectivity index (χ1n) is 6.27. The number of nitrogens with one attached hydrogen (secondary N) is 1. The number of halogens is 1. The lowest BCUT2D eigenvalue weighted by atomic mass is 10.1. The molecule has 0 aromatic heterocycles. The van der Waals surface area contributed by atoms with E-state index in [1.807, 2.05) is 0 Å². The molecule has 2 nitrogen and oxygen atoms in total. The van der Waals surface area contributed by atoms with Gasteiger partial charge in [-0.1, -0.05) is 29.8 Å². The summed E-state index contributed by atoms with van der Waals surface area (Å²) < 4.78 is 18.3. The number of rotatable bonds is 4. The van der Waals surface area contributed by atoms with Gasteiger partial charge >= 0.3 is 0 Å². The number of hydrogen-bond donors (Lipinski definition) is 1. The van der Waals surface area contributed by atoms with Crippen molar-refractivity contribution < 1.29 is 9.13 Å². The average molecular weight is 259 g/mol. The van der Waals surface area contributed by atoms with Gasteiger partial charge in [0.05, 0.1) is 12.8 Å². The first-order valence-corrected chi connectivity index (χ1v) is 6.27. The molecule has 3 heteroatoms. The second-order valence-corrected chi connectivity index (χ2v) is 4.62. The van der Waals surface area contributed by atoms with Gasteiger partial charge in [-0.3, -0.25) is 0 Å². The van der Waals surface area contributed by atoms with E-state index < -0.39 is 0 Å². The molecular formula is C16H18FNO. The summed E-state index contributed by atoms with van der Waals surface area (Å²) in [5, 5.41) is 3.33. The second-order valence-electron chi connectivity index (χ2n) is 4.62. The standard InChI is InChI=1S/C16H18FNO/c1-11-4-6-13(7-5-11)12(2)18-15-9-8-14(17)10-16(15)19-3/h4-10,12,18H,1-3H3. The van der Waals surface area contributed by atoms with Crippen molar-refractivity contribution in [1.29, 1.82) is 0 Å². The minimum atomic E-state index is -0.301. The van der Waals surface area contributed by atoms with E-state index in [1.54, 1.807) is 6.07 Å². The molecule has 0 aliphatic carbocycles. The van der Waals surface area contributed by atoms with Crippen molar-refractivity contribution >= 4 is 5.69 Å². The normalized spacial score (nSPS) is 12.0. The van der Waals surface area contributed by atoms with Crippen LogP contribution in [0.1, 0.15) is 24.1 Å². The predicted molar refractivity (Wildman–Crippen MR) is 76.2 cm³/mol. The molecule has 1 atom stereocenters. The first kappa shape index (κ1) is 13.4. The molecule has 0 radical (unpaired) electrons. The molecule has 0 saturated heterocycles. The minimum absolute atomic E-state index is 0.125. The van der Waals surface area contributed by atoms with Gasteiger partial charge in [0.1, 0.15) is 11.6 Å². The van der Waals surface area contributed by atoms with Gasteiger partial charge in [-0.15, -0.1) is 0 Å². The smallest absolute Gasteiger partial charge is 0.144 e. The second kappa shape index (κ2) is 5.74. The fraction of sp³-hybridized carbons (Fsp3) is 0.250. The molecule has 100 valence electrons. The molecule has 0 aliphatic heterocycles. The zero-order chi connectivity index (χ0) is 13.8. The van der Waals surface area contributed by atoms with Crippen LogP contribution in [0.4, 0.5) is 10.1 Å². The van der Waals surface area contributed by atoms with Gasteiger partial charge in [-0.2, -0.15) is 0 Å². The van der Waals surface area contributed by atoms with Gasteiger partial charge < -0.3 is 10.1 Å². The van der Waals surface area contributed by atoms with E-state index in [0.717, 1.165) is 5.69 Å². The number of aryl methyl sites for hydroxylation is 1. The summed E-state index contributed by atoms with van der Waals surface area (Å²) in [6, 6.07) is 13.0. The topological polar surface area (TPSA) is 21.3 Å². The molecule has 1 unspecified atom stereocenters. The van der Waals surface area contributed by atoms with E-state index in [1.165, 1.54) is 30.4 Å². The molecular weight excluding hydrogens is 241 g/mol. The van der Waals surface area contributed by atoms with Gasteiger partial charge in [0.2, 0.25) is 0 Å². The van der Waals surface area contributed by atoms with Gasteiger partial charge in [-0.25, -0.2) is 4.39 Å². The molecule has 2 rings (SSSR count). The Labute approximate surface area is 113 Å². The van der Waals surface area contributed by atoms with E-state index in [-0.39, 0.29) is 11.9 Å². The maximum absolute atomic E-state index is 13.1. The Bertz CT molecular complexity index is 551. The van der Waals surface area contributed by atoms with E-state index in [0.29, 0.717) is 5.75 Å². The van der Waals surface area contributed by atoms with Crippen molar-refractivity contribution in [3.63, 3.8) is 0 Å². The van der Waals surface area contributed by atoms with Crippen molar-refractivity contribution in [2.24, 2.45) is 0 Å². The van der Waals surface area contributed by atoms with Gasteiger partial charge in [-0.05, 0) is 31.5 Å². The summed E-state index contributed by atoms with van der Waals surface area (Å²) in [5.41, 5.74) is 3.20. The highest BCUT2D eigenvalue weighted by molar-refractivity contribution is 5.57. The Morgan fingerprint density at radius 2 is 1.79 bits per heavy atom. The maximum atomic E-state index is 13.1. The number of ether oxygens (including phenoxy) is 1.